The van der Waals surface area contributed by atoms with Crippen molar-refractivity contribution < 1.29 is 9.50 Å². The van der Waals surface area contributed by atoms with E-state index in [4.69, 9.17) is 0 Å². The molecule has 15 heavy (non-hydrogen) atoms. The van der Waals surface area contributed by atoms with Gasteiger partial charge in [0.2, 0.25) is 0 Å². The van der Waals surface area contributed by atoms with Crippen molar-refractivity contribution in [3.63, 3.8) is 0 Å². The summed E-state index contributed by atoms with van der Waals surface area (Å²) in [6.45, 7) is 0. The molecule has 0 amide bonds. The molecule has 1 aromatic rings. The molecule has 0 bridgehead atoms. The molecule has 0 saturated heterocycles. The van der Waals surface area contributed by atoms with Gasteiger partial charge in [-0.3, -0.25) is 0 Å². The summed E-state index contributed by atoms with van der Waals surface area (Å²) >= 11 is 0. The van der Waals surface area contributed by atoms with Crippen molar-refractivity contribution in [2.24, 2.45) is 5.92 Å². The normalized spacial score (nSPS) is 38.5. The van der Waals surface area contributed by atoms with Crippen molar-refractivity contribution in [1.82, 2.24) is 9.97 Å². The Morgan fingerprint density at radius 1 is 1.40 bits per heavy atom. The molecule has 79 valence electrons. The summed E-state index contributed by atoms with van der Waals surface area (Å²) in [7, 11) is 0. The third-order valence-electron chi connectivity index (χ3n) is 3.76. The van der Waals surface area contributed by atoms with E-state index in [2.05, 4.69) is 9.97 Å². The molecule has 0 aromatic carbocycles. The fourth-order valence-electron chi connectivity index (χ4n) is 2.80. The summed E-state index contributed by atoms with van der Waals surface area (Å²) in [5.74, 6) is 0.782. The van der Waals surface area contributed by atoms with E-state index in [0.717, 1.165) is 25.1 Å². The first-order valence-electron chi connectivity index (χ1n) is 5.34. The van der Waals surface area contributed by atoms with E-state index in [9.17, 15) is 9.50 Å². The monoisotopic (exact) mass is 207 g/mol. The second-order valence-electron chi connectivity index (χ2n) is 4.68. The van der Waals surface area contributed by atoms with Crippen LogP contribution in [0.5, 0.6) is 0 Å². The van der Waals surface area contributed by atoms with Gasteiger partial charge in [0.15, 0.2) is 5.82 Å². The summed E-state index contributed by atoms with van der Waals surface area (Å²) in [6.07, 6.45) is 5.35. The molecule has 2 saturated carbocycles. The van der Waals surface area contributed by atoms with Crippen LogP contribution in [0.3, 0.4) is 0 Å². The smallest absolute Gasteiger partial charge is 0.159 e. The summed E-state index contributed by atoms with van der Waals surface area (Å²) in [4.78, 5) is 8.10. The first-order chi connectivity index (χ1) is 7.21. The van der Waals surface area contributed by atoms with Gasteiger partial charge in [0.25, 0.3) is 0 Å². The predicted molar refractivity (Wildman–Crippen MR) is 50.1 cm³/mol. The highest BCUT2D eigenvalue weighted by atomic mass is 19.1. The lowest BCUT2D eigenvalue weighted by Crippen LogP contribution is -2.24. The summed E-state index contributed by atoms with van der Waals surface area (Å²) in [5, 5.41) is 11.3. The molecule has 0 spiro atoms. The van der Waals surface area contributed by atoms with Gasteiger partial charge >= 0.3 is 0 Å². The van der Waals surface area contributed by atoms with Crippen molar-refractivity contribution in [1.29, 1.82) is 0 Å². The lowest BCUT2D eigenvalue weighted by molar-refractivity contribution is 0.0481. The van der Waals surface area contributed by atoms with Crippen LogP contribution in [0.1, 0.15) is 31.5 Å². The third kappa shape index (κ3) is 1.35. The van der Waals surface area contributed by atoms with Gasteiger partial charge in [-0.2, -0.15) is 0 Å². The van der Waals surface area contributed by atoms with Crippen molar-refractivity contribution >= 4 is 0 Å². The van der Waals surface area contributed by atoms with Gasteiger partial charge in [-0.1, -0.05) is 0 Å². The van der Waals surface area contributed by atoms with Crippen LogP contribution in [-0.4, -0.2) is 16.1 Å². The Morgan fingerprint density at radius 3 is 2.80 bits per heavy atom. The lowest BCUT2D eigenvalue weighted by atomic mass is 9.86. The van der Waals surface area contributed by atoms with Crippen LogP contribution in [0.15, 0.2) is 12.4 Å². The minimum Gasteiger partial charge on any atom is -0.238 e. The summed E-state index contributed by atoms with van der Waals surface area (Å²) in [5.41, 5.74) is 0.0224. The highest BCUT2D eigenvalue weighted by Crippen LogP contribution is 2.61. The van der Waals surface area contributed by atoms with Crippen molar-refractivity contribution in [3.05, 3.63) is 24.0 Å². The van der Waals surface area contributed by atoms with Crippen LogP contribution in [0.25, 0.3) is 0 Å². The van der Waals surface area contributed by atoms with Crippen molar-refractivity contribution in [2.45, 2.75) is 37.2 Å². The van der Waals surface area contributed by atoms with Crippen LogP contribution < -0.4 is 0 Å². The second-order valence-corrected chi connectivity index (χ2v) is 4.68. The Kier molecular flexibility index (Phi) is 1.83. The van der Waals surface area contributed by atoms with Gasteiger partial charge in [-0.25, -0.2) is 19.5 Å². The van der Waals surface area contributed by atoms with E-state index in [1.165, 1.54) is 12.4 Å². The van der Waals surface area contributed by atoms with Gasteiger partial charge in [0, 0.05) is 5.41 Å². The van der Waals surface area contributed by atoms with Crippen molar-refractivity contribution in [3.8, 4) is 0 Å². The molecule has 1 radical (unpaired) electrons. The van der Waals surface area contributed by atoms with E-state index >= 15 is 0 Å². The average Bonchev–Trinajstić information content (AvgIpc) is 2.93. The first kappa shape index (κ1) is 9.21. The van der Waals surface area contributed by atoms with Crippen molar-refractivity contribution in [2.75, 3.05) is 0 Å². The fraction of sp³-hybridized carbons (Fsp3) is 0.636. The molecule has 2 aliphatic rings. The maximum atomic E-state index is 12.7. The number of nitrogens with zero attached hydrogens (tertiary/aromatic N) is 2. The number of fused-ring (bicyclic) bond motifs is 1. The van der Waals surface area contributed by atoms with E-state index in [1.54, 1.807) is 0 Å². The third-order valence-corrected chi connectivity index (χ3v) is 3.76. The SMILES string of the molecule is [O][C@H]1CC[C@@]2(c3ncc(F)cn3)C[C@H]2C1. The highest BCUT2D eigenvalue weighted by molar-refractivity contribution is 5.24. The Bertz CT molecular complexity index is 381. The molecule has 0 N–H and O–H groups in total. The molecule has 4 heteroatoms. The van der Waals surface area contributed by atoms with Crippen LogP contribution in [0.4, 0.5) is 4.39 Å². The van der Waals surface area contributed by atoms with E-state index in [0.29, 0.717) is 12.3 Å². The molecule has 3 rings (SSSR count). The van der Waals surface area contributed by atoms with Crippen LogP contribution in [-0.2, 0) is 10.5 Å². The molecule has 1 aromatic heterocycles. The van der Waals surface area contributed by atoms with E-state index < -0.39 is 11.9 Å². The Labute approximate surface area is 87.4 Å². The largest absolute Gasteiger partial charge is 0.238 e. The van der Waals surface area contributed by atoms with Crippen LogP contribution >= 0.6 is 0 Å². The van der Waals surface area contributed by atoms with Gasteiger partial charge in [-0.15, -0.1) is 0 Å². The molecule has 1 heterocycles. The topological polar surface area (TPSA) is 45.7 Å². The van der Waals surface area contributed by atoms with E-state index in [1.807, 2.05) is 0 Å². The standard InChI is InChI=1S/C11H12FN2O/c12-8-5-13-10(14-6-8)11-2-1-9(15)3-7(11)4-11/h5-7,9H,1-4H2/t7-,9+,11-/m1/s1. The number of rotatable bonds is 1. The number of aromatic nitrogens is 2. The molecule has 0 unspecified atom stereocenters. The van der Waals surface area contributed by atoms with Gasteiger partial charge in [-0.05, 0) is 31.6 Å². The minimum absolute atomic E-state index is 0.0224. The lowest BCUT2D eigenvalue weighted by Gasteiger charge is -2.22. The molecule has 2 aliphatic carbocycles. The van der Waals surface area contributed by atoms with Gasteiger partial charge < -0.3 is 0 Å². The maximum absolute atomic E-state index is 12.7. The number of hydrogen-bond donors (Lipinski definition) is 0. The zero-order valence-corrected chi connectivity index (χ0v) is 8.32. The zero-order valence-electron chi connectivity index (χ0n) is 8.32. The Hall–Kier alpha value is -1.03. The maximum Gasteiger partial charge on any atom is 0.159 e. The average molecular weight is 207 g/mol. The Balaban J connectivity index is 1.87. The number of hydrogen-bond acceptors (Lipinski definition) is 2. The predicted octanol–water partition coefficient (Wildman–Crippen LogP) is 1.86. The van der Waals surface area contributed by atoms with Crippen LogP contribution in [0, 0.1) is 11.7 Å². The molecular weight excluding hydrogens is 195 g/mol. The van der Waals surface area contributed by atoms with Crippen LogP contribution in [0.2, 0.25) is 0 Å². The summed E-state index contributed by atoms with van der Waals surface area (Å²) in [6, 6.07) is 0. The molecule has 3 atom stereocenters. The highest BCUT2D eigenvalue weighted by Gasteiger charge is 2.59. The molecular formula is C11H12FN2O. The minimum atomic E-state index is -0.411. The summed E-state index contributed by atoms with van der Waals surface area (Å²) < 4.78 is 12.7. The van der Waals surface area contributed by atoms with E-state index in [-0.39, 0.29) is 5.41 Å². The zero-order chi connectivity index (χ0) is 10.5. The second kappa shape index (κ2) is 2.98. The molecule has 0 aliphatic heterocycles. The quantitative estimate of drug-likeness (QED) is 0.705. The first-order valence-corrected chi connectivity index (χ1v) is 5.34. The molecule has 3 nitrogen and oxygen atoms in total. The molecule has 2 fully saturated rings. The van der Waals surface area contributed by atoms with Gasteiger partial charge in [0.1, 0.15) is 5.82 Å². The Morgan fingerprint density at radius 2 is 2.13 bits per heavy atom. The number of halogens is 1. The van der Waals surface area contributed by atoms with Gasteiger partial charge in [0.05, 0.1) is 18.5 Å². The fourth-order valence-corrected chi connectivity index (χ4v) is 2.80.